The lowest BCUT2D eigenvalue weighted by atomic mass is 9.43. The number of esters is 1. The second-order valence-corrected chi connectivity index (χ2v) is 22.9. The van der Waals surface area contributed by atoms with Crippen molar-refractivity contribution in [2.75, 3.05) is 0 Å². The van der Waals surface area contributed by atoms with Gasteiger partial charge in [-0.15, -0.1) is 0 Å². The first-order chi connectivity index (χ1) is 27.4. The minimum absolute atomic E-state index is 0.113. The summed E-state index contributed by atoms with van der Waals surface area (Å²) in [5.74, 6) is 7.05. The quantitative estimate of drug-likeness (QED) is 0.121. The van der Waals surface area contributed by atoms with Crippen LogP contribution in [-0.2, 0) is 11.2 Å². The summed E-state index contributed by atoms with van der Waals surface area (Å²) >= 11 is 0. The third-order valence-corrected chi connectivity index (χ3v) is 18.3. The molecule has 0 spiro atoms. The maximum absolute atomic E-state index is 13.6. The molecule has 4 fully saturated rings. The highest BCUT2D eigenvalue weighted by atomic mass is 16.5. The first-order valence-electron chi connectivity index (χ1n) is 24.7. The monoisotopic (exact) mass is 805 g/mol. The fraction of sp³-hybridized carbons (Fsp3) is 0.868. The summed E-state index contributed by atoms with van der Waals surface area (Å²) < 4.78 is 13.2. The van der Waals surface area contributed by atoms with Crippen LogP contribution in [0.15, 0.2) is 0 Å². The Bertz CT molecular complexity index is 1550. The van der Waals surface area contributed by atoms with Gasteiger partial charge in [0.2, 0.25) is 0 Å². The second kappa shape index (κ2) is 18.8. The molecule has 0 saturated heterocycles. The van der Waals surface area contributed by atoms with Crippen molar-refractivity contribution in [2.24, 2.45) is 64.1 Å². The fourth-order valence-electron chi connectivity index (χ4n) is 14.3. The average Bonchev–Trinajstić information content (AvgIpc) is 3.52. The van der Waals surface area contributed by atoms with E-state index in [1.165, 1.54) is 82.6 Å². The predicted octanol–water partition coefficient (Wildman–Crippen LogP) is 13.4. The molecule has 330 valence electrons. The van der Waals surface area contributed by atoms with Crippen LogP contribution in [0.5, 0.6) is 11.5 Å². The van der Waals surface area contributed by atoms with Gasteiger partial charge in [-0.25, -0.2) is 0 Å². The highest BCUT2D eigenvalue weighted by Gasteiger charge is 2.62. The van der Waals surface area contributed by atoms with Gasteiger partial charge in [0.25, 0.3) is 0 Å². The number of aliphatic hydroxyl groups is 2. The van der Waals surface area contributed by atoms with E-state index in [0.717, 1.165) is 97.3 Å². The number of fused-ring (bicyclic) bond motifs is 6. The number of hydrogen-bond donors (Lipinski definition) is 2. The first kappa shape index (κ1) is 45.9. The van der Waals surface area contributed by atoms with Crippen molar-refractivity contribution in [1.82, 2.24) is 0 Å². The molecule has 0 amide bonds. The van der Waals surface area contributed by atoms with E-state index in [-0.39, 0.29) is 34.6 Å². The number of rotatable bonds is 17. The Labute approximate surface area is 356 Å². The highest BCUT2D eigenvalue weighted by molar-refractivity contribution is 5.74. The van der Waals surface area contributed by atoms with Gasteiger partial charge in [0.15, 0.2) is 0 Å². The predicted molar refractivity (Wildman–Crippen MR) is 239 cm³/mol. The summed E-state index contributed by atoms with van der Waals surface area (Å²) in [6.07, 6.45) is 23.1. The first-order valence-corrected chi connectivity index (χ1v) is 24.7. The molecule has 6 rings (SSSR count). The number of hydrogen-bond acceptors (Lipinski definition) is 5. The SMILES string of the molecule is Cc1c(C)c2c(c(C)c1OC(=O)CC[C@@H](C)[C@H]1CC[C@H]3[C@@H]4[C@H](O)C[C@@H]5C[C@H](O)CC[C@]5(C)[C@H]4CC[C@]13C)CC[C@@](C)(CCC[C@H](C)CCC[C@H](C)CCCC(C)C)O2. The molecule has 0 bridgehead atoms. The van der Waals surface area contributed by atoms with Gasteiger partial charge < -0.3 is 19.7 Å². The van der Waals surface area contributed by atoms with Crippen LogP contribution in [-0.4, -0.2) is 34.0 Å². The van der Waals surface area contributed by atoms with E-state index >= 15 is 0 Å². The second-order valence-electron chi connectivity index (χ2n) is 22.9. The zero-order valence-corrected chi connectivity index (χ0v) is 39.3. The molecule has 2 N–H and O–H groups in total. The van der Waals surface area contributed by atoms with Gasteiger partial charge in [0.05, 0.1) is 12.2 Å². The van der Waals surface area contributed by atoms with E-state index in [0.29, 0.717) is 41.9 Å². The van der Waals surface area contributed by atoms with Crippen molar-refractivity contribution in [2.45, 2.75) is 229 Å². The molecule has 58 heavy (non-hydrogen) atoms. The molecular formula is C53H88O5. The van der Waals surface area contributed by atoms with Crippen LogP contribution < -0.4 is 9.47 Å². The molecule has 1 heterocycles. The average molecular weight is 805 g/mol. The Balaban J connectivity index is 0.985. The highest BCUT2D eigenvalue weighted by Crippen LogP contribution is 2.68. The molecule has 13 atom stereocenters. The lowest BCUT2D eigenvalue weighted by molar-refractivity contribution is -0.174. The molecule has 0 unspecified atom stereocenters. The maximum atomic E-state index is 13.6. The summed E-state index contributed by atoms with van der Waals surface area (Å²) in [7, 11) is 0. The fourth-order valence-corrected chi connectivity index (χ4v) is 14.3. The van der Waals surface area contributed by atoms with E-state index in [1.54, 1.807) is 0 Å². The van der Waals surface area contributed by atoms with Gasteiger partial charge in [-0.3, -0.25) is 4.79 Å². The van der Waals surface area contributed by atoms with Gasteiger partial charge >= 0.3 is 5.97 Å². The van der Waals surface area contributed by atoms with Gasteiger partial charge in [-0.1, -0.05) is 93.4 Å². The molecular weight excluding hydrogens is 717 g/mol. The van der Waals surface area contributed by atoms with Gasteiger partial charge in [0.1, 0.15) is 17.1 Å². The summed E-state index contributed by atoms with van der Waals surface area (Å²) in [4.78, 5) is 13.6. The number of carbonyl (C=O) groups is 1. The Morgan fingerprint density at radius 2 is 1.38 bits per heavy atom. The lowest BCUT2D eigenvalue weighted by Gasteiger charge is -2.62. The minimum atomic E-state index is -0.251. The molecule has 5 nitrogen and oxygen atoms in total. The number of carbonyl (C=O) groups excluding carboxylic acids is 1. The molecule has 4 aliphatic carbocycles. The molecule has 5 heteroatoms. The summed E-state index contributed by atoms with van der Waals surface area (Å²) in [5, 5.41) is 22.1. The number of aliphatic hydroxyl groups excluding tert-OH is 2. The van der Waals surface area contributed by atoms with Crippen molar-refractivity contribution in [3.05, 3.63) is 22.3 Å². The van der Waals surface area contributed by atoms with Crippen LogP contribution in [0.3, 0.4) is 0 Å². The van der Waals surface area contributed by atoms with E-state index in [4.69, 9.17) is 9.47 Å². The Morgan fingerprint density at radius 3 is 2.07 bits per heavy atom. The van der Waals surface area contributed by atoms with Crippen molar-refractivity contribution in [1.29, 1.82) is 0 Å². The molecule has 4 saturated carbocycles. The normalized spacial score (nSPS) is 35.9. The van der Waals surface area contributed by atoms with Crippen LogP contribution >= 0.6 is 0 Å². The molecule has 1 aromatic rings. The van der Waals surface area contributed by atoms with Crippen LogP contribution in [0.4, 0.5) is 0 Å². The zero-order valence-electron chi connectivity index (χ0n) is 39.3. The molecule has 1 aliphatic heterocycles. The van der Waals surface area contributed by atoms with E-state index < -0.39 is 0 Å². The molecule has 1 aromatic carbocycles. The van der Waals surface area contributed by atoms with Crippen LogP contribution in [0.1, 0.15) is 206 Å². The Kier molecular flexibility index (Phi) is 14.9. The third-order valence-electron chi connectivity index (χ3n) is 18.3. The molecule has 5 aliphatic rings. The van der Waals surface area contributed by atoms with E-state index in [2.05, 4.69) is 76.2 Å². The van der Waals surface area contributed by atoms with Crippen molar-refractivity contribution in [3.63, 3.8) is 0 Å². The van der Waals surface area contributed by atoms with Crippen molar-refractivity contribution in [3.8, 4) is 11.5 Å². The minimum Gasteiger partial charge on any atom is -0.487 e. The smallest absolute Gasteiger partial charge is 0.311 e. The van der Waals surface area contributed by atoms with Crippen molar-refractivity contribution >= 4 is 5.97 Å². The zero-order chi connectivity index (χ0) is 42.2. The summed E-state index contributed by atoms with van der Waals surface area (Å²) in [6, 6.07) is 0. The summed E-state index contributed by atoms with van der Waals surface area (Å²) in [6.45, 7) is 25.7. The van der Waals surface area contributed by atoms with Crippen LogP contribution in [0, 0.1) is 84.9 Å². The topological polar surface area (TPSA) is 76.0 Å². The van der Waals surface area contributed by atoms with Crippen LogP contribution in [0.2, 0.25) is 0 Å². The lowest BCUT2D eigenvalue weighted by Crippen LogP contribution is -2.58. The van der Waals surface area contributed by atoms with Crippen LogP contribution in [0.25, 0.3) is 0 Å². The van der Waals surface area contributed by atoms with E-state index in [9.17, 15) is 15.0 Å². The summed E-state index contributed by atoms with van der Waals surface area (Å²) in [5.41, 5.74) is 4.76. The third kappa shape index (κ3) is 9.71. The Morgan fingerprint density at radius 1 is 0.741 bits per heavy atom. The number of benzene rings is 1. The molecule has 0 aromatic heterocycles. The standard InChI is InChI=1S/C53H88O5/c1-33(2)15-12-16-34(3)17-13-18-35(4)19-14-27-51(9)28-25-42-39(8)49(37(6)38(7)50(42)58-51)57-47(56)23-20-36(5)43-21-22-44-48-45(26-30-53(43,44)11)52(10)29-24-41(54)31-40(52)32-46(48)55/h33-36,40-41,43-46,48,54-55H,12-32H2,1-11H3/t34-,35-,36-,40+,41-,43-,44+,45+,46-,48+,51-,52+,53-/m1/s1. The largest absolute Gasteiger partial charge is 0.487 e. The molecule has 0 radical (unpaired) electrons. The maximum Gasteiger partial charge on any atom is 0.311 e. The van der Waals surface area contributed by atoms with Gasteiger partial charge in [-0.2, -0.15) is 0 Å². The Hall–Kier alpha value is -1.59. The van der Waals surface area contributed by atoms with Gasteiger partial charge in [-0.05, 0) is 192 Å². The van der Waals surface area contributed by atoms with Crippen molar-refractivity contribution < 1.29 is 24.5 Å². The number of ether oxygens (including phenoxy) is 2. The van der Waals surface area contributed by atoms with E-state index in [1.807, 2.05) is 0 Å². The van der Waals surface area contributed by atoms with Gasteiger partial charge in [0, 0.05) is 12.0 Å².